The molecule has 0 spiro atoms. The second-order valence-electron chi connectivity index (χ2n) is 4.39. The summed E-state index contributed by atoms with van der Waals surface area (Å²) < 4.78 is 0. The molecule has 6 heteroatoms. The van der Waals surface area contributed by atoms with Crippen molar-refractivity contribution >= 4 is 11.9 Å². The van der Waals surface area contributed by atoms with Gasteiger partial charge >= 0.3 is 6.03 Å². The zero-order valence-electron chi connectivity index (χ0n) is 9.81. The Kier molecular flexibility index (Phi) is 4.39. The van der Waals surface area contributed by atoms with Crippen LogP contribution in [0.2, 0.25) is 0 Å². The molecule has 2 atom stereocenters. The van der Waals surface area contributed by atoms with Crippen LogP contribution < -0.4 is 11.1 Å². The molecule has 92 valence electrons. The van der Waals surface area contributed by atoms with Crippen LogP contribution >= 0.6 is 0 Å². The van der Waals surface area contributed by atoms with Gasteiger partial charge in [0.25, 0.3) is 0 Å². The molecule has 2 unspecified atom stereocenters. The number of nitrogens with zero attached hydrogens (tertiary/aromatic N) is 2. The van der Waals surface area contributed by atoms with Gasteiger partial charge in [-0.2, -0.15) is 0 Å². The van der Waals surface area contributed by atoms with E-state index in [1.54, 1.807) is 11.8 Å². The molecule has 0 bridgehead atoms. The summed E-state index contributed by atoms with van der Waals surface area (Å²) in [6.07, 6.45) is 2.20. The first-order chi connectivity index (χ1) is 7.54. The summed E-state index contributed by atoms with van der Waals surface area (Å²) in [5.41, 5.74) is 5.39. The smallest absolute Gasteiger partial charge is 0.317 e. The van der Waals surface area contributed by atoms with Gasteiger partial charge in [0.1, 0.15) is 0 Å². The summed E-state index contributed by atoms with van der Waals surface area (Å²) in [5, 5.41) is 14.0. The van der Waals surface area contributed by atoms with E-state index in [9.17, 15) is 4.79 Å². The van der Waals surface area contributed by atoms with Gasteiger partial charge in [-0.1, -0.05) is 12.1 Å². The molecule has 4 N–H and O–H groups in total. The topological polar surface area (TPSA) is 91.0 Å². The quantitative estimate of drug-likeness (QED) is 0.279. The largest absolute Gasteiger partial charge is 0.409 e. The lowest BCUT2D eigenvalue weighted by Crippen LogP contribution is -2.51. The number of hydrogen-bond acceptors (Lipinski definition) is 3. The van der Waals surface area contributed by atoms with Crippen molar-refractivity contribution in [3.63, 3.8) is 0 Å². The van der Waals surface area contributed by atoms with E-state index in [4.69, 9.17) is 10.9 Å². The van der Waals surface area contributed by atoms with Crippen molar-refractivity contribution in [2.75, 3.05) is 13.1 Å². The number of nitrogens with one attached hydrogen (secondary N) is 1. The number of piperidine rings is 1. The Balaban J connectivity index is 2.45. The second kappa shape index (κ2) is 5.58. The van der Waals surface area contributed by atoms with Crippen molar-refractivity contribution in [2.24, 2.45) is 16.8 Å². The lowest BCUT2D eigenvalue weighted by Gasteiger charge is -2.31. The van der Waals surface area contributed by atoms with E-state index in [0.29, 0.717) is 5.92 Å². The molecule has 0 aromatic heterocycles. The zero-order valence-corrected chi connectivity index (χ0v) is 9.81. The maximum absolute atomic E-state index is 11.8. The highest BCUT2D eigenvalue weighted by atomic mass is 16.4. The summed E-state index contributed by atoms with van der Waals surface area (Å²) >= 11 is 0. The molecule has 1 saturated heterocycles. The molecule has 0 saturated carbocycles. The fourth-order valence-corrected chi connectivity index (χ4v) is 1.81. The first kappa shape index (κ1) is 12.6. The molecule has 2 amide bonds. The fraction of sp³-hybridized carbons (Fsp3) is 0.800. The Hall–Kier alpha value is -1.46. The molecular weight excluding hydrogens is 208 g/mol. The number of amidine groups is 1. The molecule has 0 radical (unpaired) electrons. The van der Waals surface area contributed by atoms with Gasteiger partial charge in [-0.25, -0.2) is 4.79 Å². The third-order valence-corrected chi connectivity index (χ3v) is 2.84. The van der Waals surface area contributed by atoms with Crippen molar-refractivity contribution in [1.29, 1.82) is 0 Å². The van der Waals surface area contributed by atoms with Crippen LogP contribution in [0.3, 0.4) is 0 Å². The van der Waals surface area contributed by atoms with Crippen LogP contribution in [0, 0.1) is 5.92 Å². The van der Waals surface area contributed by atoms with Gasteiger partial charge in [-0.05, 0) is 25.7 Å². The Labute approximate surface area is 95.5 Å². The van der Waals surface area contributed by atoms with Gasteiger partial charge < -0.3 is 21.2 Å². The van der Waals surface area contributed by atoms with Gasteiger partial charge in [-0.3, -0.25) is 0 Å². The summed E-state index contributed by atoms with van der Waals surface area (Å²) in [6.45, 7) is 5.36. The number of rotatable bonds is 2. The highest BCUT2D eigenvalue weighted by Gasteiger charge is 2.22. The highest BCUT2D eigenvalue weighted by molar-refractivity contribution is 5.89. The summed E-state index contributed by atoms with van der Waals surface area (Å²) in [5.74, 6) is 0.553. The Morgan fingerprint density at radius 2 is 2.38 bits per heavy atom. The highest BCUT2D eigenvalue weighted by Crippen LogP contribution is 2.15. The molecule has 0 aromatic rings. The van der Waals surface area contributed by atoms with Crippen LogP contribution in [0.1, 0.15) is 26.7 Å². The minimum Gasteiger partial charge on any atom is -0.409 e. The molecule has 6 nitrogen and oxygen atoms in total. The van der Waals surface area contributed by atoms with Gasteiger partial charge in [0.2, 0.25) is 0 Å². The second-order valence-corrected chi connectivity index (χ2v) is 4.39. The normalized spacial score (nSPS) is 24.0. The molecule has 1 aliphatic heterocycles. The maximum Gasteiger partial charge on any atom is 0.317 e. The predicted octanol–water partition coefficient (Wildman–Crippen LogP) is 0.563. The summed E-state index contributed by atoms with van der Waals surface area (Å²) in [4.78, 5) is 13.6. The third kappa shape index (κ3) is 3.29. The number of amides is 2. The number of hydrogen-bond donors (Lipinski definition) is 3. The number of urea groups is 1. The first-order valence-electron chi connectivity index (χ1n) is 5.57. The van der Waals surface area contributed by atoms with E-state index in [-0.39, 0.29) is 11.9 Å². The van der Waals surface area contributed by atoms with Crippen LogP contribution in [0.5, 0.6) is 0 Å². The molecule has 16 heavy (non-hydrogen) atoms. The number of carbonyl (C=O) groups excluding carboxylic acids is 1. The molecule has 0 aliphatic carbocycles. The number of likely N-dealkylation sites (tertiary alicyclic amines) is 1. The Morgan fingerprint density at radius 3 is 2.94 bits per heavy atom. The average molecular weight is 228 g/mol. The van der Waals surface area contributed by atoms with E-state index in [0.717, 1.165) is 19.5 Å². The van der Waals surface area contributed by atoms with E-state index in [1.165, 1.54) is 6.42 Å². The fourth-order valence-electron chi connectivity index (χ4n) is 1.81. The molecule has 0 aromatic carbocycles. The lowest BCUT2D eigenvalue weighted by atomic mass is 10.0. The van der Waals surface area contributed by atoms with Crippen LogP contribution in [0.15, 0.2) is 5.16 Å². The van der Waals surface area contributed by atoms with Gasteiger partial charge in [0, 0.05) is 13.1 Å². The van der Waals surface area contributed by atoms with Crippen LogP contribution in [-0.2, 0) is 0 Å². The molecule has 1 heterocycles. The SMILES string of the molecule is CC1CCCN(C(=O)NC(C)C(N)=NO)C1. The van der Waals surface area contributed by atoms with Crippen molar-refractivity contribution in [3.05, 3.63) is 0 Å². The third-order valence-electron chi connectivity index (χ3n) is 2.84. The van der Waals surface area contributed by atoms with Crippen molar-refractivity contribution in [3.8, 4) is 0 Å². The number of carbonyl (C=O) groups is 1. The van der Waals surface area contributed by atoms with Gasteiger partial charge in [-0.15, -0.1) is 0 Å². The minimum absolute atomic E-state index is 0.0124. The monoisotopic (exact) mass is 228 g/mol. The summed E-state index contributed by atoms with van der Waals surface area (Å²) in [7, 11) is 0. The Bertz CT molecular complexity index is 280. The van der Waals surface area contributed by atoms with E-state index in [2.05, 4.69) is 17.4 Å². The zero-order chi connectivity index (χ0) is 12.1. The van der Waals surface area contributed by atoms with E-state index >= 15 is 0 Å². The standard InChI is InChI=1S/C10H20N4O2/c1-7-4-3-5-14(6-7)10(15)12-8(2)9(11)13-16/h7-8,16H,3-6H2,1-2H3,(H2,11,13)(H,12,15). The van der Waals surface area contributed by atoms with Crippen molar-refractivity contribution in [1.82, 2.24) is 10.2 Å². The van der Waals surface area contributed by atoms with Gasteiger partial charge in [0.05, 0.1) is 6.04 Å². The van der Waals surface area contributed by atoms with Crippen LogP contribution in [0.25, 0.3) is 0 Å². The van der Waals surface area contributed by atoms with Crippen LogP contribution in [0.4, 0.5) is 4.79 Å². The molecular formula is C10H20N4O2. The van der Waals surface area contributed by atoms with Crippen molar-refractivity contribution in [2.45, 2.75) is 32.7 Å². The molecule has 1 aliphatic rings. The molecule has 1 rings (SSSR count). The number of oxime groups is 1. The molecule has 1 fully saturated rings. The van der Waals surface area contributed by atoms with E-state index < -0.39 is 6.04 Å². The Morgan fingerprint density at radius 1 is 1.69 bits per heavy atom. The van der Waals surface area contributed by atoms with Gasteiger partial charge in [0.15, 0.2) is 5.84 Å². The van der Waals surface area contributed by atoms with Crippen molar-refractivity contribution < 1.29 is 10.0 Å². The maximum atomic E-state index is 11.8. The minimum atomic E-state index is -0.449. The number of nitrogens with two attached hydrogens (primary N) is 1. The first-order valence-corrected chi connectivity index (χ1v) is 5.57. The average Bonchev–Trinajstić information content (AvgIpc) is 2.27. The predicted molar refractivity (Wildman–Crippen MR) is 61.4 cm³/mol. The summed E-state index contributed by atoms with van der Waals surface area (Å²) in [6, 6.07) is -0.597. The van der Waals surface area contributed by atoms with E-state index in [1.807, 2.05) is 0 Å². The van der Waals surface area contributed by atoms with Crippen LogP contribution in [-0.4, -0.2) is 41.1 Å². The lowest BCUT2D eigenvalue weighted by molar-refractivity contribution is 0.169.